The number of carbonyl (C=O) groups is 1. The van der Waals surface area contributed by atoms with Crippen LogP contribution in [0.25, 0.3) is 0 Å². The molecule has 0 radical (unpaired) electrons. The van der Waals surface area contributed by atoms with Gasteiger partial charge in [0.1, 0.15) is 0 Å². The molecule has 2 heterocycles. The fraction of sp³-hybridized carbons (Fsp3) is 0.706. The third kappa shape index (κ3) is 3.82. The number of ether oxygens (including phenoxy) is 1. The second-order valence-electron chi connectivity index (χ2n) is 6.80. The van der Waals surface area contributed by atoms with Crippen LogP contribution < -0.4 is 9.64 Å². The van der Waals surface area contributed by atoms with Crippen LogP contribution >= 0.6 is 15.9 Å². The van der Waals surface area contributed by atoms with Crippen LogP contribution in [-0.2, 0) is 4.79 Å². The number of halogens is 1. The molecule has 1 saturated carbocycles. The van der Waals surface area contributed by atoms with E-state index in [1.807, 2.05) is 11.9 Å². The van der Waals surface area contributed by atoms with Crippen molar-refractivity contribution in [2.24, 2.45) is 11.8 Å². The zero-order valence-corrected chi connectivity index (χ0v) is 16.0. The molecular weight excluding hydrogens is 372 g/mol. The SMILES string of the molecule is COc1nc(N2CCC(CN(C)C(=O)C3CCC3)CC2)ncc1Br. The first kappa shape index (κ1) is 17.5. The smallest absolute Gasteiger partial charge is 0.232 e. The summed E-state index contributed by atoms with van der Waals surface area (Å²) in [6, 6.07) is 0. The van der Waals surface area contributed by atoms with Crippen molar-refractivity contribution in [2.75, 3.05) is 38.7 Å². The fourth-order valence-electron chi connectivity index (χ4n) is 3.40. The molecule has 1 aliphatic carbocycles. The molecule has 1 aliphatic heterocycles. The number of methoxy groups -OCH3 is 1. The molecule has 1 aromatic rings. The third-order valence-corrected chi connectivity index (χ3v) is 5.70. The van der Waals surface area contributed by atoms with E-state index in [1.165, 1.54) is 6.42 Å². The number of hydrogen-bond donors (Lipinski definition) is 0. The van der Waals surface area contributed by atoms with Crippen molar-refractivity contribution in [1.29, 1.82) is 0 Å². The van der Waals surface area contributed by atoms with E-state index in [2.05, 4.69) is 30.8 Å². The molecule has 0 spiro atoms. The van der Waals surface area contributed by atoms with Gasteiger partial charge in [0.25, 0.3) is 0 Å². The van der Waals surface area contributed by atoms with Crippen molar-refractivity contribution in [3.63, 3.8) is 0 Å². The molecule has 132 valence electrons. The summed E-state index contributed by atoms with van der Waals surface area (Å²) in [6.07, 6.45) is 7.21. The van der Waals surface area contributed by atoms with Crippen molar-refractivity contribution >= 4 is 27.8 Å². The molecule has 2 fully saturated rings. The second kappa shape index (κ2) is 7.68. The summed E-state index contributed by atoms with van der Waals surface area (Å²) in [4.78, 5) is 25.2. The fourth-order valence-corrected chi connectivity index (χ4v) is 3.75. The van der Waals surface area contributed by atoms with Gasteiger partial charge < -0.3 is 14.5 Å². The lowest BCUT2D eigenvalue weighted by Crippen LogP contribution is -2.42. The van der Waals surface area contributed by atoms with E-state index in [0.717, 1.165) is 49.8 Å². The predicted octanol–water partition coefficient (Wildman–Crippen LogP) is 2.72. The first-order valence-electron chi connectivity index (χ1n) is 8.65. The summed E-state index contributed by atoms with van der Waals surface area (Å²) in [7, 11) is 3.56. The van der Waals surface area contributed by atoms with Crippen LogP contribution in [0.3, 0.4) is 0 Å². The molecule has 3 rings (SSSR count). The van der Waals surface area contributed by atoms with Crippen LogP contribution in [0.5, 0.6) is 5.88 Å². The third-order valence-electron chi connectivity index (χ3n) is 5.15. The van der Waals surface area contributed by atoms with Gasteiger partial charge in [0.05, 0.1) is 17.8 Å². The van der Waals surface area contributed by atoms with E-state index in [9.17, 15) is 4.79 Å². The van der Waals surface area contributed by atoms with Crippen LogP contribution in [-0.4, -0.2) is 54.6 Å². The molecule has 1 aromatic heterocycles. The summed E-state index contributed by atoms with van der Waals surface area (Å²) < 4.78 is 6.01. The van der Waals surface area contributed by atoms with E-state index in [4.69, 9.17) is 4.74 Å². The minimum atomic E-state index is 0.290. The van der Waals surface area contributed by atoms with Crippen molar-refractivity contribution in [1.82, 2.24) is 14.9 Å². The molecule has 24 heavy (non-hydrogen) atoms. The van der Waals surface area contributed by atoms with E-state index >= 15 is 0 Å². The largest absolute Gasteiger partial charge is 0.480 e. The highest BCUT2D eigenvalue weighted by molar-refractivity contribution is 9.10. The molecule has 1 amide bonds. The summed E-state index contributed by atoms with van der Waals surface area (Å²) in [5, 5.41) is 0. The Morgan fingerprint density at radius 3 is 2.67 bits per heavy atom. The van der Waals surface area contributed by atoms with Crippen molar-refractivity contribution in [2.45, 2.75) is 32.1 Å². The monoisotopic (exact) mass is 396 g/mol. The highest BCUT2D eigenvalue weighted by Gasteiger charge is 2.30. The Balaban J connectivity index is 1.51. The van der Waals surface area contributed by atoms with E-state index in [-0.39, 0.29) is 0 Å². The second-order valence-corrected chi connectivity index (χ2v) is 7.66. The molecule has 6 nitrogen and oxygen atoms in total. The van der Waals surface area contributed by atoms with E-state index in [0.29, 0.717) is 29.6 Å². The maximum atomic E-state index is 12.3. The number of amides is 1. The van der Waals surface area contributed by atoms with Gasteiger partial charge in [0, 0.05) is 32.6 Å². The maximum absolute atomic E-state index is 12.3. The molecule has 0 N–H and O–H groups in total. The molecule has 0 bridgehead atoms. The van der Waals surface area contributed by atoms with Gasteiger partial charge in [-0.2, -0.15) is 4.98 Å². The summed E-state index contributed by atoms with van der Waals surface area (Å²) in [6.45, 7) is 2.70. The molecular formula is C17H25BrN4O2. The molecule has 0 unspecified atom stereocenters. The van der Waals surface area contributed by atoms with Gasteiger partial charge in [-0.1, -0.05) is 6.42 Å². The Morgan fingerprint density at radius 1 is 1.38 bits per heavy atom. The first-order valence-corrected chi connectivity index (χ1v) is 9.44. The zero-order chi connectivity index (χ0) is 17.1. The van der Waals surface area contributed by atoms with E-state index < -0.39 is 0 Å². The average molecular weight is 397 g/mol. The molecule has 0 aromatic carbocycles. The quantitative estimate of drug-likeness (QED) is 0.765. The topological polar surface area (TPSA) is 58.6 Å². The normalized spacial score (nSPS) is 19.0. The first-order chi connectivity index (χ1) is 11.6. The standard InChI is InChI=1S/C17H25BrN4O2/c1-21(16(23)13-4-3-5-13)11-12-6-8-22(9-7-12)17-19-10-14(18)15(20-17)24-2/h10,12-13H,3-9,11H2,1-2H3. The van der Waals surface area contributed by atoms with Crippen LogP contribution in [0.1, 0.15) is 32.1 Å². The highest BCUT2D eigenvalue weighted by atomic mass is 79.9. The number of rotatable bonds is 5. The number of carbonyl (C=O) groups excluding carboxylic acids is 1. The van der Waals surface area contributed by atoms with Crippen molar-refractivity contribution in [3.05, 3.63) is 10.7 Å². The van der Waals surface area contributed by atoms with Crippen LogP contribution in [0.2, 0.25) is 0 Å². The van der Waals surface area contributed by atoms with Gasteiger partial charge in [-0.3, -0.25) is 4.79 Å². The Bertz CT molecular complexity index is 586. The maximum Gasteiger partial charge on any atom is 0.232 e. The predicted molar refractivity (Wildman–Crippen MR) is 96.2 cm³/mol. The van der Waals surface area contributed by atoms with Crippen LogP contribution in [0.15, 0.2) is 10.7 Å². The average Bonchev–Trinajstić information content (AvgIpc) is 2.54. The molecule has 1 saturated heterocycles. The molecule has 2 aliphatic rings. The number of hydrogen-bond acceptors (Lipinski definition) is 5. The van der Waals surface area contributed by atoms with Gasteiger partial charge >= 0.3 is 0 Å². The van der Waals surface area contributed by atoms with Gasteiger partial charge in [0.2, 0.25) is 17.7 Å². The number of piperidine rings is 1. The molecule has 0 atom stereocenters. The van der Waals surface area contributed by atoms with Gasteiger partial charge in [0.15, 0.2) is 0 Å². The summed E-state index contributed by atoms with van der Waals surface area (Å²) >= 11 is 3.38. The summed E-state index contributed by atoms with van der Waals surface area (Å²) in [5.74, 6) is 2.47. The van der Waals surface area contributed by atoms with Gasteiger partial charge in [-0.05, 0) is 47.5 Å². The van der Waals surface area contributed by atoms with Crippen molar-refractivity contribution < 1.29 is 9.53 Å². The lowest BCUT2D eigenvalue weighted by Gasteiger charge is -2.35. The zero-order valence-electron chi connectivity index (χ0n) is 14.4. The lowest BCUT2D eigenvalue weighted by molar-refractivity contribution is -0.137. The number of anilines is 1. The number of nitrogens with zero attached hydrogens (tertiary/aromatic N) is 4. The van der Waals surface area contributed by atoms with E-state index in [1.54, 1.807) is 13.3 Å². The number of aromatic nitrogens is 2. The lowest BCUT2D eigenvalue weighted by atomic mass is 9.84. The summed E-state index contributed by atoms with van der Waals surface area (Å²) in [5.41, 5.74) is 0. The minimum absolute atomic E-state index is 0.290. The minimum Gasteiger partial charge on any atom is -0.480 e. The van der Waals surface area contributed by atoms with Gasteiger partial charge in [-0.25, -0.2) is 4.98 Å². The van der Waals surface area contributed by atoms with Crippen LogP contribution in [0.4, 0.5) is 5.95 Å². The Hall–Kier alpha value is -1.37. The Labute approximate surface area is 151 Å². The Kier molecular flexibility index (Phi) is 5.58. The highest BCUT2D eigenvalue weighted by Crippen LogP contribution is 2.29. The van der Waals surface area contributed by atoms with Gasteiger partial charge in [-0.15, -0.1) is 0 Å². The molecule has 7 heteroatoms. The Morgan fingerprint density at radius 2 is 2.08 bits per heavy atom. The van der Waals surface area contributed by atoms with Crippen molar-refractivity contribution in [3.8, 4) is 5.88 Å². The van der Waals surface area contributed by atoms with Crippen LogP contribution in [0, 0.1) is 11.8 Å².